The Balaban J connectivity index is 1.56. The third-order valence-electron chi connectivity index (χ3n) is 4.28. The van der Waals surface area contributed by atoms with Crippen molar-refractivity contribution >= 4 is 17.2 Å². The smallest absolute Gasteiger partial charge is 0.235 e. The minimum atomic E-state index is -0.680. The highest BCUT2D eigenvalue weighted by Crippen LogP contribution is 2.39. The number of fused-ring (bicyclic) bond motifs is 1. The summed E-state index contributed by atoms with van der Waals surface area (Å²) in [5, 5.41) is 14.3. The van der Waals surface area contributed by atoms with Crippen LogP contribution in [0, 0.1) is 17.2 Å². The molecule has 0 spiro atoms. The summed E-state index contributed by atoms with van der Waals surface area (Å²) in [7, 11) is 0. The molecule has 0 aromatic carbocycles. The van der Waals surface area contributed by atoms with Crippen molar-refractivity contribution in [3.8, 4) is 6.07 Å². The maximum Gasteiger partial charge on any atom is 0.235 e. The third kappa shape index (κ3) is 2.72. The predicted octanol–water partition coefficient (Wildman–Crippen LogP) is 1.91. The molecule has 1 aliphatic carbocycles. The Kier molecular flexibility index (Phi) is 3.53. The summed E-state index contributed by atoms with van der Waals surface area (Å²) in [6.45, 7) is 4.00. The zero-order valence-electron chi connectivity index (χ0n) is 11.7. The van der Waals surface area contributed by atoms with Crippen molar-refractivity contribution in [2.45, 2.75) is 38.3 Å². The lowest BCUT2D eigenvalue weighted by atomic mass is 9.98. The van der Waals surface area contributed by atoms with Gasteiger partial charge in [-0.3, -0.25) is 9.69 Å². The Hall–Kier alpha value is -1.38. The van der Waals surface area contributed by atoms with Gasteiger partial charge in [0, 0.05) is 18.0 Å². The van der Waals surface area contributed by atoms with Crippen LogP contribution >= 0.6 is 11.3 Å². The summed E-state index contributed by atoms with van der Waals surface area (Å²) in [5.41, 5.74) is 0.666. The van der Waals surface area contributed by atoms with Gasteiger partial charge in [0.05, 0.1) is 12.6 Å². The van der Waals surface area contributed by atoms with E-state index in [1.165, 1.54) is 10.4 Å². The number of hydrogen-bond acceptors (Lipinski definition) is 4. The van der Waals surface area contributed by atoms with Crippen LogP contribution in [0.2, 0.25) is 0 Å². The summed E-state index contributed by atoms with van der Waals surface area (Å²) in [6.07, 6.45) is 3.12. The van der Waals surface area contributed by atoms with E-state index in [9.17, 15) is 10.1 Å². The standard InChI is InChI=1S/C15H19N3OS/c1-15(10-16,12-2-3-12)17-14(19)9-18-6-4-13-11(8-18)5-7-20-13/h5,7,12H,2-4,6,8-9H2,1H3,(H,17,19)/t15-/m1/s1. The van der Waals surface area contributed by atoms with Crippen LogP contribution < -0.4 is 5.32 Å². The predicted molar refractivity (Wildman–Crippen MR) is 78.2 cm³/mol. The summed E-state index contributed by atoms with van der Waals surface area (Å²) in [5.74, 6) is 0.306. The number of thiophene rings is 1. The van der Waals surface area contributed by atoms with Crippen molar-refractivity contribution in [2.75, 3.05) is 13.1 Å². The molecule has 2 heterocycles. The Morgan fingerprint density at radius 1 is 1.65 bits per heavy atom. The van der Waals surface area contributed by atoms with Crippen LogP contribution in [0.1, 0.15) is 30.2 Å². The van der Waals surface area contributed by atoms with Crippen LogP contribution in [0.3, 0.4) is 0 Å². The van der Waals surface area contributed by atoms with E-state index in [4.69, 9.17) is 0 Å². The second kappa shape index (κ2) is 5.19. The van der Waals surface area contributed by atoms with Gasteiger partial charge in [0.1, 0.15) is 5.54 Å². The van der Waals surface area contributed by atoms with Crippen LogP contribution in [0.4, 0.5) is 0 Å². The van der Waals surface area contributed by atoms with Crippen molar-refractivity contribution < 1.29 is 4.79 Å². The molecule has 4 nitrogen and oxygen atoms in total. The van der Waals surface area contributed by atoms with Crippen LogP contribution in [-0.4, -0.2) is 29.4 Å². The van der Waals surface area contributed by atoms with Crippen molar-refractivity contribution in [2.24, 2.45) is 5.92 Å². The SMILES string of the molecule is C[C@](C#N)(NC(=O)CN1CCc2sccc2C1)C1CC1. The van der Waals surface area contributed by atoms with E-state index in [1.54, 1.807) is 11.3 Å². The highest BCUT2D eigenvalue weighted by Gasteiger charge is 2.43. The number of nitrogens with one attached hydrogen (secondary N) is 1. The first-order valence-corrected chi connectivity index (χ1v) is 7.98. The van der Waals surface area contributed by atoms with E-state index in [1.807, 2.05) is 6.92 Å². The van der Waals surface area contributed by atoms with Gasteiger partial charge in [0.2, 0.25) is 5.91 Å². The molecular formula is C15H19N3OS. The maximum atomic E-state index is 12.2. The number of amides is 1. The van der Waals surface area contributed by atoms with Gasteiger partial charge in [-0.05, 0) is 49.1 Å². The molecule has 5 heteroatoms. The van der Waals surface area contributed by atoms with Gasteiger partial charge in [-0.15, -0.1) is 11.3 Å². The average Bonchev–Trinajstić information content (AvgIpc) is 3.18. The van der Waals surface area contributed by atoms with Crippen LogP contribution in [0.25, 0.3) is 0 Å². The third-order valence-corrected chi connectivity index (χ3v) is 5.30. The van der Waals surface area contributed by atoms with Crippen molar-refractivity contribution in [3.05, 3.63) is 21.9 Å². The quantitative estimate of drug-likeness (QED) is 0.921. The van der Waals surface area contributed by atoms with Crippen LogP contribution in [0.5, 0.6) is 0 Å². The number of hydrogen-bond donors (Lipinski definition) is 1. The van der Waals surface area contributed by atoms with Gasteiger partial charge < -0.3 is 5.32 Å². The summed E-state index contributed by atoms with van der Waals surface area (Å²) in [4.78, 5) is 15.8. The van der Waals surface area contributed by atoms with Gasteiger partial charge in [-0.25, -0.2) is 0 Å². The second-order valence-corrected chi connectivity index (χ2v) is 6.97. The molecule has 20 heavy (non-hydrogen) atoms. The largest absolute Gasteiger partial charge is 0.337 e. The van der Waals surface area contributed by atoms with E-state index >= 15 is 0 Å². The summed E-state index contributed by atoms with van der Waals surface area (Å²) >= 11 is 1.80. The molecule has 1 aromatic heterocycles. The van der Waals surface area contributed by atoms with E-state index < -0.39 is 5.54 Å². The lowest BCUT2D eigenvalue weighted by Crippen LogP contribution is -2.50. The molecule has 1 atom stereocenters. The molecule has 2 aliphatic rings. The van der Waals surface area contributed by atoms with Gasteiger partial charge in [-0.2, -0.15) is 5.26 Å². The number of nitriles is 1. The number of nitrogens with zero attached hydrogens (tertiary/aromatic N) is 2. The van der Waals surface area contributed by atoms with E-state index in [0.29, 0.717) is 12.5 Å². The first kappa shape index (κ1) is 13.6. The van der Waals surface area contributed by atoms with Crippen molar-refractivity contribution in [3.63, 3.8) is 0 Å². The molecular weight excluding hydrogens is 270 g/mol. The topological polar surface area (TPSA) is 56.1 Å². The van der Waals surface area contributed by atoms with Crippen molar-refractivity contribution in [1.29, 1.82) is 5.26 Å². The fourth-order valence-corrected chi connectivity index (χ4v) is 3.75. The van der Waals surface area contributed by atoms with E-state index in [-0.39, 0.29) is 5.91 Å². The van der Waals surface area contributed by atoms with Gasteiger partial charge >= 0.3 is 0 Å². The van der Waals surface area contributed by atoms with Gasteiger partial charge in [0.15, 0.2) is 0 Å². The van der Waals surface area contributed by atoms with E-state index in [0.717, 1.165) is 32.4 Å². The summed E-state index contributed by atoms with van der Waals surface area (Å²) < 4.78 is 0. The maximum absolute atomic E-state index is 12.2. The molecule has 1 fully saturated rings. The van der Waals surface area contributed by atoms with Crippen LogP contribution in [-0.2, 0) is 17.8 Å². The molecule has 0 saturated heterocycles. The first-order chi connectivity index (χ1) is 9.60. The molecule has 1 aliphatic heterocycles. The minimum absolute atomic E-state index is 0.0281. The molecule has 1 aromatic rings. The Bertz CT molecular complexity index is 558. The molecule has 3 rings (SSSR count). The monoisotopic (exact) mass is 289 g/mol. The Labute approximate surface area is 123 Å². The zero-order chi connectivity index (χ0) is 14.2. The fraction of sp³-hybridized carbons (Fsp3) is 0.600. The van der Waals surface area contributed by atoms with E-state index in [2.05, 4.69) is 27.7 Å². The fourth-order valence-electron chi connectivity index (χ4n) is 2.86. The summed E-state index contributed by atoms with van der Waals surface area (Å²) in [6, 6.07) is 4.42. The second-order valence-electron chi connectivity index (χ2n) is 5.97. The van der Waals surface area contributed by atoms with Crippen molar-refractivity contribution in [1.82, 2.24) is 10.2 Å². The molecule has 0 radical (unpaired) electrons. The van der Waals surface area contributed by atoms with Gasteiger partial charge in [0.25, 0.3) is 0 Å². The molecule has 106 valence electrons. The molecule has 1 amide bonds. The number of rotatable bonds is 4. The molecule has 0 unspecified atom stereocenters. The average molecular weight is 289 g/mol. The Morgan fingerprint density at radius 3 is 3.15 bits per heavy atom. The molecule has 1 N–H and O–H groups in total. The minimum Gasteiger partial charge on any atom is -0.337 e. The normalized spacial score (nSPS) is 21.6. The number of carbonyl (C=O) groups is 1. The highest BCUT2D eigenvalue weighted by molar-refractivity contribution is 7.10. The highest BCUT2D eigenvalue weighted by atomic mass is 32.1. The van der Waals surface area contributed by atoms with Crippen LogP contribution in [0.15, 0.2) is 11.4 Å². The zero-order valence-corrected chi connectivity index (χ0v) is 12.5. The Morgan fingerprint density at radius 2 is 2.45 bits per heavy atom. The number of carbonyl (C=O) groups excluding carboxylic acids is 1. The van der Waals surface area contributed by atoms with Gasteiger partial charge in [-0.1, -0.05) is 0 Å². The lowest BCUT2D eigenvalue weighted by molar-refractivity contribution is -0.123. The molecule has 0 bridgehead atoms. The first-order valence-electron chi connectivity index (χ1n) is 7.10. The molecule has 1 saturated carbocycles. The lowest BCUT2D eigenvalue weighted by Gasteiger charge is -2.28.